The van der Waals surface area contributed by atoms with Crippen molar-refractivity contribution in [3.05, 3.63) is 53.3 Å². The zero-order valence-corrected chi connectivity index (χ0v) is 15.6. The van der Waals surface area contributed by atoms with Crippen LogP contribution in [0.1, 0.15) is 21.6 Å². The molecular weight excluding hydrogens is 374 g/mol. The predicted molar refractivity (Wildman–Crippen MR) is 105 cm³/mol. The maximum atomic E-state index is 12.7. The average molecular weight is 393 g/mol. The van der Waals surface area contributed by atoms with E-state index in [1.807, 2.05) is 11.4 Å². The van der Waals surface area contributed by atoms with Gasteiger partial charge in [-0.1, -0.05) is 12.0 Å². The number of methoxy groups -OCH3 is 1. The van der Waals surface area contributed by atoms with Gasteiger partial charge in [-0.15, -0.1) is 0 Å². The Bertz CT molecular complexity index is 1010. The molecule has 0 saturated heterocycles. The maximum absolute atomic E-state index is 12.7. The van der Waals surface area contributed by atoms with E-state index in [2.05, 4.69) is 22.1 Å². The number of ether oxygens (including phenoxy) is 1. The lowest BCUT2D eigenvalue weighted by molar-refractivity contribution is -0.108. The number of carbonyl (C=O) groups is 3. The van der Waals surface area contributed by atoms with Crippen LogP contribution in [0.2, 0.25) is 0 Å². The Labute approximate surface area is 167 Å². The molecule has 9 nitrogen and oxygen atoms in total. The molecule has 9 heteroatoms. The first-order valence-electron chi connectivity index (χ1n) is 8.70. The molecule has 0 fully saturated rings. The molecule has 0 saturated carbocycles. The summed E-state index contributed by atoms with van der Waals surface area (Å²) in [7, 11) is 1.53. The van der Waals surface area contributed by atoms with Crippen LogP contribution in [-0.2, 0) is 11.3 Å². The van der Waals surface area contributed by atoms with Gasteiger partial charge in [-0.05, 0) is 35.7 Å². The molecule has 0 unspecified atom stereocenters. The van der Waals surface area contributed by atoms with Crippen molar-refractivity contribution < 1.29 is 19.1 Å². The summed E-state index contributed by atoms with van der Waals surface area (Å²) in [5.41, 5.74) is 7.99. The second-order valence-corrected chi connectivity index (χ2v) is 6.21. The largest absolute Gasteiger partial charge is 0.497 e. The SMILES string of the molecule is COc1ccc2c(c1)C(=O)N(C[C@@H](C#Cc1ncccc1N)NC(=O)NC=O)C2. The van der Waals surface area contributed by atoms with Crippen molar-refractivity contribution in [2.75, 3.05) is 19.4 Å². The first-order valence-corrected chi connectivity index (χ1v) is 8.70. The molecule has 29 heavy (non-hydrogen) atoms. The fraction of sp³-hybridized carbons (Fsp3) is 0.200. The van der Waals surface area contributed by atoms with Crippen molar-refractivity contribution in [1.29, 1.82) is 0 Å². The minimum Gasteiger partial charge on any atom is -0.497 e. The molecule has 1 aromatic carbocycles. The molecule has 4 N–H and O–H groups in total. The molecule has 1 aliphatic rings. The minimum atomic E-state index is -0.753. The zero-order valence-electron chi connectivity index (χ0n) is 15.6. The van der Waals surface area contributed by atoms with E-state index >= 15 is 0 Å². The van der Waals surface area contributed by atoms with E-state index in [0.717, 1.165) is 5.56 Å². The molecule has 0 aliphatic carbocycles. The number of nitrogens with two attached hydrogens (primary N) is 1. The Morgan fingerprint density at radius 3 is 3.00 bits per heavy atom. The molecule has 0 bridgehead atoms. The molecule has 0 spiro atoms. The van der Waals surface area contributed by atoms with E-state index in [4.69, 9.17) is 10.5 Å². The lowest BCUT2D eigenvalue weighted by atomic mass is 10.1. The van der Waals surface area contributed by atoms with Gasteiger partial charge in [0.2, 0.25) is 6.41 Å². The van der Waals surface area contributed by atoms with E-state index in [0.29, 0.717) is 29.2 Å². The van der Waals surface area contributed by atoms with Crippen LogP contribution in [0.5, 0.6) is 5.75 Å². The molecule has 3 rings (SSSR count). The lowest BCUT2D eigenvalue weighted by Crippen LogP contribution is -2.46. The molecule has 2 aromatic rings. The van der Waals surface area contributed by atoms with Gasteiger partial charge in [0.05, 0.1) is 19.3 Å². The average Bonchev–Trinajstić information content (AvgIpc) is 3.02. The summed E-state index contributed by atoms with van der Waals surface area (Å²) in [5.74, 6) is 6.07. The van der Waals surface area contributed by atoms with Crippen LogP contribution in [0, 0.1) is 11.8 Å². The van der Waals surface area contributed by atoms with E-state index in [1.165, 1.54) is 7.11 Å². The Morgan fingerprint density at radius 2 is 2.28 bits per heavy atom. The quantitative estimate of drug-likeness (QED) is 0.502. The van der Waals surface area contributed by atoms with Crippen LogP contribution in [-0.4, -0.2) is 47.9 Å². The van der Waals surface area contributed by atoms with Crippen molar-refractivity contribution in [3.63, 3.8) is 0 Å². The number of nitrogens with zero attached hydrogens (tertiary/aromatic N) is 2. The second kappa shape index (κ2) is 8.75. The Kier molecular flexibility index (Phi) is 5.94. The first kappa shape index (κ1) is 19.7. The molecule has 0 radical (unpaired) electrons. The summed E-state index contributed by atoms with van der Waals surface area (Å²) >= 11 is 0. The molecular formula is C20H19N5O4. The third kappa shape index (κ3) is 4.62. The highest BCUT2D eigenvalue weighted by Crippen LogP contribution is 2.26. The topological polar surface area (TPSA) is 127 Å². The number of nitrogen functional groups attached to an aromatic ring is 1. The van der Waals surface area contributed by atoms with Gasteiger partial charge in [-0.2, -0.15) is 0 Å². The maximum Gasteiger partial charge on any atom is 0.322 e. The van der Waals surface area contributed by atoms with Crippen LogP contribution in [0.15, 0.2) is 36.5 Å². The van der Waals surface area contributed by atoms with E-state index in [9.17, 15) is 14.4 Å². The normalized spacial score (nSPS) is 13.0. The fourth-order valence-corrected chi connectivity index (χ4v) is 2.89. The van der Waals surface area contributed by atoms with Crippen molar-refractivity contribution in [2.24, 2.45) is 0 Å². The predicted octanol–water partition coefficient (Wildman–Crippen LogP) is 0.504. The smallest absolute Gasteiger partial charge is 0.322 e. The van der Waals surface area contributed by atoms with Gasteiger partial charge in [-0.3, -0.25) is 14.9 Å². The van der Waals surface area contributed by atoms with Gasteiger partial charge in [0.25, 0.3) is 5.91 Å². The van der Waals surface area contributed by atoms with Crippen LogP contribution < -0.4 is 21.1 Å². The number of fused-ring (bicyclic) bond motifs is 1. The molecule has 1 atom stereocenters. The van der Waals surface area contributed by atoms with Gasteiger partial charge < -0.3 is 20.7 Å². The number of benzene rings is 1. The summed E-state index contributed by atoms with van der Waals surface area (Å²) in [4.78, 5) is 40.7. The molecule has 148 valence electrons. The minimum absolute atomic E-state index is 0.113. The van der Waals surface area contributed by atoms with Crippen molar-refractivity contribution in [3.8, 4) is 17.6 Å². The highest BCUT2D eigenvalue weighted by atomic mass is 16.5. The van der Waals surface area contributed by atoms with Crippen LogP contribution in [0.3, 0.4) is 0 Å². The van der Waals surface area contributed by atoms with E-state index in [1.54, 1.807) is 35.4 Å². The third-order valence-electron chi connectivity index (χ3n) is 4.30. The number of aromatic nitrogens is 1. The summed E-state index contributed by atoms with van der Waals surface area (Å²) in [6.07, 6.45) is 1.82. The van der Waals surface area contributed by atoms with Crippen LogP contribution in [0.25, 0.3) is 0 Å². The van der Waals surface area contributed by atoms with Crippen molar-refractivity contribution in [1.82, 2.24) is 20.5 Å². The molecule has 4 amide bonds. The number of amides is 4. The number of anilines is 1. The number of carbonyl (C=O) groups excluding carboxylic acids is 3. The number of pyridine rings is 1. The number of rotatable bonds is 5. The Balaban J connectivity index is 1.80. The molecule has 1 aromatic heterocycles. The Morgan fingerprint density at radius 1 is 1.45 bits per heavy atom. The summed E-state index contributed by atoms with van der Waals surface area (Å²) in [6.45, 7) is 0.487. The Hall–Kier alpha value is -4.06. The zero-order chi connectivity index (χ0) is 20.8. The van der Waals surface area contributed by atoms with Crippen molar-refractivity contribution >= 4 is 24.0 Å². The van der Waals surface area contributed by atoms with E-state index < -0.39 is 12.1 Å². The van der Waals surface area contributed by atoms with Crippen LogP contribution in [0.4, 0.5) is 10.5 Å². The summed E-state index contributed by atoms with van der Waals surface area (Å²) in [6, 6.07) is 7.16. The number of hydrogen-bond donors (Lipinski definition) is 3. The standard InChI is InChI=1S/C20H19N5O4/c1-29-15-6-4-13-10-25(19(27)16(13)9-15)11-14(24-20(28)23-12-26)5-7-18-17(21)3-2-8-22-18/h2-4,6,8-9,12,14H,10-11,21H2,1H3,(H2,23,24,26,28)/t14-/m1/s1. The summed E-state index contributed by atoms with van der Waals surface area (Å²) in [5, 5.41) is 4.56. The van der Waals surface area contributed by atoms with Gasteiger partial charge in [0.15, 0.2) is 0 Å². The number of imide groups is 1. The molecule has 1 aliphatic heterocycles. The lowest BCUT2D eigenvalue weighted by Gasteiger charge is -2.21. The van der Waals surface area contributed by atoms with Gasteiger partial charge >= 0.3 is 6.03 Å². The van der Waals surface area contributed by atoms with Crippen molar-refractivity contribution in [2.45, 2.75) is 12.6 Å². The molecule has 2 heterocycles. The van der Waals surface area contributed by atoms with Gasteiger partial charge in [0.1, 0.15) is 17.5 Å². The monoisotopic (exact) mass is 393 g/mol. The number of nitrogens with one attached hydrogen (secondary N) is 2. The number of urea groups is 1. The first-order chi connectivity index (χ1) is 14.0. The highest BCUT2D eigenvalue weighted by molar-refractivity contribution is 5.98. The van der Waals surface area contributed by atoms with Gasteiger partial charge in [-0.25, -0.2) is 9.78 Å². The number of hydrogen-bond acceptors (Lipinski definition) is 6. The highest BCUT2D eigenvalue weighted by Gasteiger charge is 2.29. The van der Waals surface area contributed by atoms with Crippen LogP contribution >= 0.6 is 0 Å². The van der Waals surface area contributed by atoms with E-state index in [-0.39, 0.29) is 18.9 Å². The fourth-order valence-electron chi connectivity index (χ4n) is 2.89. The van der Waals surface area contributed by atoms with Gasteiger partial charge in [0, 0.05) is 18.3 Å². The second-order valence-electron chi connectivity index (χ2n) is 6.21. The summed E-state index contributed by atoms with van der Waals surface area (Å²) < 4.78 is 5.17. The third-order valence-corrected chi connectivity index (χ3v) is 4.30.